The van der Waals surface area contributed by atoms with Crippen molar-refractivity contribution in [2.75, 3.05) is 10.2 Å². The molecule has 0 aliphatic heterocycles. The first-order valence-electron chi connectivity index (χ1n) is 9.89. The number of aryl methyl sites for hydroxylation is 1. The number of nitrogens with one attached hydrogen (secondary N) is 1. The van der Waals surface area contributed by atoms with E-state index in [1.807, 2.05) is 79.7 Å². The molecule has 0 saturated carbocycles. The number of aliphatic hydroxyl groups is 1. The van der Waals surface area contributed by atoms with Crippen molar-refractivity contribution in [3.8, 4) is 0 Å². The minimum Gasteiger partial charge on any atom is -0.383 e. The quantitative estimate of drug-likeness (QED) is 0.625. The third-order valence-corrected chi connectivity index (χ3v) is 4.76. The molecular weight excluding hydrogens is 376 g/mol. The van der Waals surface area contributed by atoms with Crippen LogP contribution in [0.1, 0.15) is 23.6 Å². The molecule has 3 rings (SSSR count). The van der Waals surface area contributed by atoms with Gasteiger partial charge in [0.2, 0.25) is 5.91 Å². The van der Waals surface area contributed by atoms with Gasteiger partial charge in [-0.25, -0.2) is 0 Å². The fourth-order valence-electron chi connectivity index (χ4n) is 3.31. The van der Waals surface area contributed by atoms with Crippen LogP contribution in [-0.4, -0.2) is 23.0 Å². The summed E-state index contributed by atoms with van der Waals surface area (Å²) in [6, 6.07) is 24.5. The molecule has 2 amide bonds. The van der Waals surface area contributed by atoms with Gasteiger partial charge in [-0.05, 0) is 35.7 Å². The average Bonchev–Trinajstić information content (AvgIpc) is 2.74. The van der Waals surface area contributed by atoms with Crippen LogP contribution in [0.3, 0.4) is 0 Å². The number of benzene rings is 3. The van der Waals surface area contributed by atoms with Gasteiger partial charge >= 0.3 is 0 Å². The van der Waals surface area contributed by atoms with Crippen molar-refractivity contribution < 1.29 is 14.7 Å². The highest BCUT2D eigenvalue weighted by molar-refractivity contribution is 6.02. The maximum atomic E-state index is 13.4. The first-order chi connectivity index (χ1) is 14.4. The smallest absolute Gasteiger partial charge is 0.256 e. The van der Waals surface area contributed by atoms with Crippen molar-refractivity contribution in [1.29, 1.82) is 0 Å². The van der Waals surface area contributed by atoms with E-state index < -0.39 is 12.0 Å². The van der Waals surface area contributed by atoms with Crippen LogP contribution in [0.15, 0.2) is 78.9 Å². The van der Waals surface area contributed by atoms with Gasteiger partial charge in [0.05, 0.1) is 17.9 Å². The van der Waals surface area contributed by atoms with Crippen LogP contribution < -0.4 is 10.2 Å². The van der Waals surface area contributed by atoms with Gasteiger partial charge in [0.15, 0.2) is 0 Å². The van der Waals surface area contributed by atoms with Crippen LogP contribution in [0.2, 0.25) is 0 Å². The molecule has 0 saturated heterocycles. The Hall–Kier alpha value is -3.44. The van der Waals surface area contributed by atoms with Crippen molar-refractivity contribution >= 4 is 23.2 Å². The van der Waals surface area contributed by atoms with E-state index in [1.165, 1.54) is 6.92 Å². The van der Waals surface area contributed by atoms with E-state index in [0.717, 1.165) is 16.7 Å². The molecule has 0 fully saturated rings. The van der Waals surface area contributed by atoms with Crippen molar-refractivity contribution in [3.63, 3.8) is 0 Å². The number of rotatable bonds is 7. The highest BCUT2D eigenvalue weighted by Crippen LogP contribution is 2.30. The lowest BCUT2D eigenvalue weighted by molar-refractivity contribution is -0.126. The van der Waals surface area contributed by atoms with Crippen LogP contribution in [0.4, 0.5) is 11.4 Å². The lowest BCUT2D eigenvalue weighted by Crippen LogP contribution is -2.40. The van der Waals surface area contributed by atoms with Crippen LogP contribution in [-0.2, 0) is 22.6 Å². The van der Waals surface area contributed by atoms with E-state index in [1.54, 1.807) is 11.0 Å². The first kappa shape index (κ1) is 21.3. The molecule has 3 aromatic carbocycles. The maximum absolute atomic E-state index is 13.4. The second-order valence-corrected chi connectivity index (χ2v) is 7.32. The Labute approximate surface area is 177 Å². The van der Waals surface area contributed by atoms with Gasteiger partial charge in [-0.1, -0.05) is 66.7 Å². The molecule has 154 valence electrons. The number of aliphatic hydroxyl groups excluding tert-OH is 1. The Bertz CT molecular complexity index is 1000. The van der Waals surface area contributed by atoms with Crippen LogP contribution in [0.5, 0.6) is 0 Å². The number of hydrogen-bond donors (Lipinski definition) is 2. The summed E-state index contributed by atoms with van der Waals surface area (Å²) in [7, 11) is 0. The van der Waals surface area contributed by atoms with Crippen molar-refractivity contribution in [3.05, 3.63) is 95.6 Å². The molecule has 1 atom stereocenters. The van der Waals surface area contributed by atoms with Crippen molar-refractivity contribution in [1.82, 2.24) is 0 Å². The standard InChI is InChI=1S/C25H26N2O3/c1-18-13-14-22(26-19(2)28)23(15-18)27(17-21-11-7-4-8-12-21)25(30)24(29)16-20-9-5-3-6-10-20/h3-15,24,29H,16-17H2,1-2H3,(H,26,28). The number of carbonyl (C=O) groups excluding carboxylic acids is 2. The summed E-state index contributed by atoms with van der Waals surface area (Å²) in [4.78, 5) is 26.6. The van der Waals surface area contributed by atoms with E-state index in [4.69, 9.17) is 0 Å². The molecule has 0 radical (unpaired) electrons. The molecule has 0 aliphatic rings. The Kier molecular flexibility index (Phi) is 6.99. The third kappa shape index (κ3) is 5.55. The van der Waals surface area contributed by atoms with E-state index in [-0.39, 0.29) is 18.9 Å². The average molecular weight is 402 g/mol. The van der Waals surface area contributed by atoms with Gasteiger partial charge in [-0.3, -0.25) is 9.59 Å². The van der Waals surface area contributed by atoms with Gasteiger partial charge in [-0.2, -0.15) is 0 Å². The molecule has 0 spiro atoms. The topological polar surface area (TPSA) is 69.6 Å². The molecular formula is C25H26N2O3. The first-order valence-corrected chi connectivity index (χ1v) is 9.89. The van der Waals surface area contributed by atoms with E-state index in [2.05, 4.69) is 5.32 Å². The second-order valence-electron chi connectivity index (χ2n) is 7.32. The molecule has 2 N–H and O–H groups in total. The third-order valence-electron chi connectivity index (χ3n) is 4.76. The minimum atomic E-state index is -1.21. The van der Waals surface area contributed by atoms with Crippen LogP contribution >= 0.6 is 0 Å². The van der Waals surface area contributed by atoms with Crippen molar-refractivity contribution in [2.24, 2.45) is 0 Å². The van der Waals surface area contributed by atoms with Gasteiger partial charge < -0.3 is 15.3 Å². The lowest BCUT2D eigenvalue weighted by atomic mass is 10.1. The van der Waals surface area contributed by atoms with E-state index in [9.17, 15) is 14.7 Å². The fourth-order valence-corrected chi connectivity index (χ4v) is 3.31. The van der Waals surface area contributed by atoms with Crippen molar-refractivity contribution in [2.45, 2.75) is 32.9 Å². The highest BCUT2D eigenvalue weighted by atomic mass is 16.3. The Morgan fingerprint density at radius 2 is 1.53 bits per heavy atom. The summed E-state index contributed by atoms with van der Waals surface area (Å²) < 4.78 is 0. The summed E-state index contributed by atoms with van der Waals surface area (Å²) in [5.41, 5.74) is 3.84. The lowest BCUT2D eigenvalue weighted by Gasteiger charge is -2.28. The summed E-state index contributed by atoms with van der Waals surface area (Å²) in [5, 5.41) is 13.5. The molecule has 5 nitrogen and oxygen atoms in total. The Morgan fingerprint density at radius 3 is 2.13 bits per heavy atom. The monoisotopic (exact) mass is 402 g/mol. The molecule has 0 aromatic heterocycles. The molecule has 3 aromatic rings. The molecule has 30 heavy (non-hydrogen) atoms. The zero-order chi connectivity index (χ0) is 21.5. The zero-order valence-electron chi connectivity index (χ0n) is 17.2. The van der Waals surface area contributed by atoms with E-state index >= 15 is 0 Å². The molecule has 5 heteroatoms. The Morgan fingerprint density at radius 1 is 0.933 bits per heavy atom. The fraction of sp³-hybridized carbons (Fsp3) is 0.200. The SMILES string of the molecule is CC(=O)Nc1ccc(C)cc1N(Cc1ccccc1)C(=O)C(O)Cc1ccccc1. The predicted molar refractivity (Wildman–Crippen MR) is 119 cm³/mol. The summed E-state index contributed by atoms with van der Waals surface area (Å²) >= 11 is 0. The predicted octanol–water partition coefficient (Wildman–Crippen LogP) is 4.09. The number of amides is 2. The molecule has 1 unspecified atom stereocenters. The number of nitrogens with zero attached hydrogens (tertiary/aromatic N) is 1. The highest BCUT2D eigenvalue weighted by Gasteiger charge is 2.26. The van der Waals surface area contributed by atoms with Gasteiger partial charge in [0, 0.05) is 13.3 Å². The normalized spacial score (nSPS) is 11.6. The maximum Gasteiger partial charge on any atom is 0.256 e. The van der Waals surface area contributed by atoms with Crippen LogP contribution in [0, 0.1) is 6.92 Å². The second kappa shape index (κ2) is 9.85. The molecule has 0 bridgehead atoms. The summed E-state index contributed by atoms with van der Waals surface area (Å²) in [5.74, 6) is -0.642. The zero-order valence-corrected chi connectivity index (χ0v) is 17.2. The van der Waals surface area contributed by atoms with Gasteiger partial charge in [0.1, 0.15) is 6.10 Å². The number of anilines is 2. The molecule has 0 aliphatic carbocycles. The van der Waals surface area contributed by atoms with Crippen LogP contribution in [0.25, 0.3) is 0 Å². The van der Waals surface area contributed by atoms with Gasteiger partial charge in [0.25, 0.3) is 5.91 Å². The number of carbonyl (C=O) groups is 2. The minimum absolute atomic E-state index is 0.215. The summed E-state index contributed by atoms with van der Waals surface area (Å²) in [6.45, 7) is 3.63. The summed E-state index contributed by atoms with van der Waals surface area (Å²) in [6.07, 6.45) is -0.992. The van der Waals surface area contributed by atoms with E-state index in [0.29, 0.717) is 11.4 Å². The number of hydrogen-bond acceptors (Lipinski definition) is 3. The Balaban J connectivity index is 1.97. The van der Waals surface area contributed by atoms with Gasteiger partial charge in [-0.15, -0.1) is 0 Å². The molecule has 0 heterocycles. The largest absolute Gasteiger partial charge is 0.383 e.